The molecule has 0 unspecified atom stereocenters. The number of hydrogen-bond acceptors (Lipinski definition) is 23. The van der Waals surface area contributed by atoms with Gasteiger partial charge >= 0.3 is 56.1 Å². The number of carboxylic acids is 1. The molecule has 0 spiro atoms. The van der Waals surface area contributed by atoms with Crippen LogP contribution in [0.5, 0.6) is 40.2 Å². The molecule has 114 heavy (non-hydrogen) atoms. The Hall–Kier alpha value is -9.52. The number of carbonyl (C=O) groups excluding carboxylic acids is 2. The van der Waals surface area contributed by atoms with Gasteiger partial charge in [0, 0.05) is 23.6 Å². The molecule has 3 aromatic heterocycles. The number of carbonyl (C=O) groups is 3. The van der Waals surface area contributed by atoms with Crippen molar-refractivity contribution in [3.05, 3.63) is 191 Å². The summed E-state index contributed by atoms with van der Waals surface area (Å²) < 4.78 is 257. The van der Waals surface area contributed by atoms with Crippen LogP contribution in [0, 0.1) is 0 Å². The largest absolute Gasteiger partial charge is 0.573 e. The number of carboxylic acid groups (broad SMARTS) is 1. The Kier molecular flexibility index (Phi) is 35.6. The first-order valence-electron chi connectivity index (χ1n) is 29.8. The van der Waals surface area contributed by atoms with Gasteiger partial charge in [-0.2, -0.15) is 10.4 Å². The third kappa shape index (κ3) is 34.3. The highest BCUT2D eigenvalue weighted by atomic mass is 79.9. The highest BCUT2D eigenvalue weighted by Gasteiger charge is 2.37. The van der Waals surface area contributed by atoms with E-state index in [1.807, 2.05) is 12.1 Å². The van der Waals surface area contributed by atoms with Crippen LogP contribution < -0.4 is 44.6 Å². The average molecular weight is 1900 g/mol. The second kappa shape index (κ2) is 42.7. The maximum absolute atomic E-state index is 12.7. The minimum Gasteiger partial charge on any atom is -0.497 e. The molecule has 24 nitrogen and oxygen atoms in total. The number of aromatic amines is 2. The van der Waals surface area contributed by atoms with E-state index in [1.54, 1.807) is 33.1 Å². The predicted molar refractivity (Wildman–Crippen MR) is 379 cm³/mol. The number of nitrogens with one attached hydrogen (secondary N) is 2. The van der Waals surface area contributed by atoms with Crippen molar-refractivity contribution in [1.29, 1.82) is 0 Å². The van der Waals surface area contributed by atoms with Gasteiger partial charge in [-0.1, -0.05) is 143 Å². The topological polar surface area (TPSA) is 320 Å². The molecule has 0 aliphatic heterocycles. The van der Waals surface area contributed by atoms with Gasteiger partial charge in [0.25, 0.3) is 0 Å². The number of nitrogen functional groups attached to an aromatic ring is 2. The first-order chi connectivity index (χ1) is 53.0. The summed E-state index contributed by atoms with van der Waals surface area (Å²) in [7, 11) is 1.55. The Bertz CT molecular complexity index is 4780. The number of ether oxygens (including phenoxy) is 9. The third-order valence-corrected chi connectivity index (χ3v) is 17.1. The Balaban J connectivity index is 0.000000254. The van der Waals surface area contributed by atoms with E-state index in [0.717, 1.165) is 77.2 Å². The van der Waals surface area contributed by atoms with Gasteiger partial charge in [0.1, 0.15) is 33.8 Å². The molecule has 51 heteroatoms. The number of nitrogens with two attached hydrogens (primary N) is 2. The highest BCUT2D eigenvalue weighted by molar-refractivity contribution is 9.10. The molecule has 10 aromatic rings. The van der Waals surface area contributed by atoms with Crippen molar-refractivity contribution in [1.82, 2.24) is 45.8 Å². The lowest BCUT2D eigenvalue weighted by Crippen LogP contribution is -2.17. The lowest BCUT2D eigenvalue weighted by Gasteiger charge is -2.12. The predicted octanol–water partition coefficient (Wildman–Crippen LogP) is 21.2. The molecule has 0 saturated carbocycles. The fraction of sp³-hybridized carbons (Fsp3) is 0.190. The van der Waals surface area contributed by atoms with Gasteiger partial charge in [0.15, 0.2) is 21.6 Å². The maximum atomic E-state index is 12.7. The summed E-state index contributed by atoms with van der Waals surface area (Å²) in [5, 5.41) is 35.4. The van der Waals surface area contributed by atoms with Gasteiger partial charge in [-0.25, -0.2) is 19.1 Å². The van der Waals surface area contributed by atoms with Gasteiger partial charge < -0.3 is 59.2 Å². The average Bonchev–Trinajstić information content (AvgIpc) is 1.59. The van der Waals surface area contributed by atoms with Crippen molar-refractivity contribution in [2.75, 3.05) is 31.8 Å². The molecule has 0 amide bonds. The number of anilines is 2. The summed E-state index contributed by atoms with van der Waals surface area (Å²) in [4.78, 5) is 35.8. The number of para-hydroxylation sites is 2. The number of nitrogens with zero attached hydrogens (tertiary/aromatic N) is 7. The molecule has 0 aliphatic rings. The first kappa shape index (κ1) is 95.1. The molecule has 3 heterocycles. The van der Waals surface area contributed by atoms with Crippen LogP contribution in [-0.2, 0) is 16.0 Å². The van der Waals surface area contributed by atoms with Crippen LogP contribution >= 0.6 is 114 Å². The van der Waals surface area contributed by atoms with Crippen molar-refractivity contribution in [3.8, 4) is 40.2 Å². The zero-order valence-electron chi connectivity index (χ0n) is 56.3. The van der Waals surface area contributed by atoms with Crippen LogP contribution in [0.1, 0.15) is 50.9 Å². The van der Waals surface area contributed by atoms with Gasteiger partial charge in [-0.3, -0.25) is 0 Å². The van der Waals surface area contributed by atoms with Crippen LogP contribution in [0.15, 0.2) is 178 Å². The van der Waals surface area contributed by atoms with Crippen LogP contribution in [0.2, 0.25) is 20.1 Å². The lowest BCUT2D eigenvalue weighted by atomic mass is 10.2. The zero-order valence-corrected chi connectivity index (χ0v) is 65.0. The SMILES string of the molecule is CCOC(=O)c1n[nH]nc1Sc1ccc(Cl)c(OC(F)(F)F)c1.CCOC(=O)c1nnn(Cc2ccc(OC)cc2)c1Sc1ccc(Cl)c(OC(F)(F)F)c1.FC(F)(F)Oc1cc(Br)ccc1Cl.Nc1ccc(Br)cc1OC(F)(F)F.Nc1ccccc1OC(F)(F)F.O=C(O)c1n[nH]nc1Sc1ccc(Cl)c(OC(F)(F)F)c1. The Morgan fingerprint density at radius 1 is 0.456 bits per heavy atom. The van der Waals surface area contributed by atoms with E-state index >= 15 is 0 Å². The summed E-state index contributed by atoms with van der Waals surface area (Å²) in [6.07, 6.45) is -28.8. The van der Waals surface area contributed by atoms with Crippen LogP contribution in [-0.4, -0.2) is 127 Å². The molecule has 0 radical (unpaired) electrons. The highest BCUT2D eigenvalue weighted by Crippen LogP contribution is 2.42. The fourth-order valence-corrected chi connectivity index (χ4v) is 11.4. The van der Waals surface area contributed by atoms with Gasteiger partial charge in [0.2, 0.25) is 17.1 Å². The molecule has 7 N–H and O–H groups in total. The third-order valence-electron chi connectivity index (χ3n) is 11.8. The molecule has 10 rings (SSSR count). The van der Waals surface area contributed by atoms with E-state index in [9.17, 15) is 93.4 Å². The zero-order chi connectivity index (χ0) is 85.3. The number of benzene rings is 7. The maximum Gasteiger partial charge on any atom is 0.573 e. The summed E-state index contributed by atoms with van der Waals surface area (Å²) >= 11 is 31.2. The van der Waals surface area contributed by atoms with E-state index in [2.05, 4.69) is 101 Å². The monoisotopic (exact) mass is 1900 g/mol. The Labute approximate surface area is 677 Å². The molecule has 0 saturated heterocycles. The van der Waals surface area contributed by atoms with Crippen molar-refractivity contribution in [2.45, 2.75) is 88.3 Å². The molecule has 0 atom stereocenters. The molecular weight excluding hydrogens is 1860 g/mol. The Morgan fingerprint density at radius 2 is 0.816 bits per heavy atom. The smallest absolute Gasteiger partial charge is 0.497 e. The summed E-state index contributed by atoms with van der Waals surface area (Å²) in [5.74, 6) is -4.91. The molecule has 7 aromatic carbocycles. The number of esters is 2. The molecule has 0 bridgehead atoms. The van der Waals surface area contributed by atoms with E-state index in [4.69, 9.17) is 77.2 Å². The van der Waals surface area contributed by atoms with Gasteiger partial charge in [0.05, 0.1) is 58.3 Å². The molecular formula is C63H45Br2Cl4F18N11O13S3. The normalized spacial score (nSPS) is 11.4. The number of rotatable bonds is 20. The molecule has 0 fully saturated rings. The van der Waals surface area contributed by atoms with Crippen molar-refractivity contribution < 1.29 is 141 Å². The quantitative estimate of drug-likeness (QED) is 0.0269. The number of aromatic nitrogens is 9. The Morgan fingerprint density at radius 3 is 1.24 bits per heavy atom. The van der Waals surface area contributed by atoms with E-state index < -0.39 is 84.8 Å². The second-order valence-corrected chi connectivity index (χ2v) is 26.8. The lowest BCUT2D eigenvalue weighted by molar-refractivity contribution is -0.275. The van der Waals surface area contributed by atoms with Gasteiger partial charge in [-0.05, 0) is 135 Å². The standard InChI is InChI=1S/C20H17ClF3N3O4S.C12H9ClF3N3O3S.C10H5ClF3N3O3S.C7H3BrClF3O.C7H5BrF3NO.C7H6F3NO/c1-3-30-19(28)17-18(27(26-25-17)11-12-4-6-13(29-2)7-5-12)32-14-8-9-15(21)16(10-14)31-20(22,23)24;1-2-21-11(20)9-10(18-19-17-9)23-6-3-4-7(13)8(5-6)22-12(14,15)16;11-5-2-1-4(3-6(5)20-10(12,13)14)21-8-7(9(18)19)15-17-16-8;8-4-1-2-5(9)6(3-4)13-7(10,11)12;8-4-1-2-5(12)6(3-4)13-7(9,10)11;8-7(9,10)12-6-4-2-1-3-5(6)11/h4-10H,3,11H2,1-2H3;3-5H,2H2,1H3,(H,17,18,19);1-3H,(H,18,19)(H,15,16,17);1-3H;1-3H,12H2;1-4H,11H2. The molecule has 616 valence electrons. The van der Waals surface area contributed by atoms with Crippen molar-refractivity contribution >= 4 is 143 Å². The number of methoxy groups -OCH3 is 1. The first-order valence-corrected chi connectivity index (χ1v) is 35.3. The summed E-state index contributed by atoms with van der Waals surface area (Å²) in [5.41, 5.74) is 10.7. The van der Waals surface area contributed by atoms with E-state index in [1.165, 1.54) is 83.5 Å². The number of halogens is 24. The summed E-state index contributed by atoms with van der Waals surface area (Å²) in [6, 6.07) is 31.9. The molecule has 0 aliphatic carbocycles. The minimum atomic E-state index is -4.90. The van der Waals surface area contributed by atoms with E-state index in [-0.39, 0.29) is 89.0 Å². The van der Waals surface area contributed by atoms with Crippen molar-refractivity contribution in [3.63, 3.8) is 0 Å². The number of hydrogen-bond donors (Lipinski definition) is 5. The number of aromatic carboxylic acids is 1. The van der Waals surface area contributed by atoms with E-state index in [0.29, 0.717) is 29.5 Å². The van der Waals surface area contributed by atoms with Crippen LogP contribution in [0.3, 0.4) is 0 Å². The second-order valence-electron chi connectivity index (χ2n) is 20.1. The fourth-order valence-electron chi connectivity index (χ4n) is 7.48. The number of alkyl halides is 18. The minimum absolute atomic E-state index is 0.00258. The van der Waals surface area contributed by atoms with Crippen molar-refractivity contribution in [2.24, 2.45) is 0 Å². The van der Waals surface area contributed by atoms with Gasteiger partial charge in [-0.15, -0.1) is 105 Å². The van der Waals surface area contributed by atoms with Crippen LogP contribution in [0.25, 0.3) is 0 Å². The number of H-pyrrole nitrogens is 2. The summed E-state index contributed by atoms with van der Waals surface area (Å²) in [6.45, 7) is 3.80. The van der Waals surface area contributed by atoms with Crippen LogP contribution in [0.4, 0.5) is 90.4 Å².